The first-order valence-corrected chi connectivity index (χ1v) is 6.17. The monoisotopic (exact) mass is 265 g/mol. The molecule has 0 bridgehead atoms. The molecular weight excluding hydrogens is 254 g/mol. The zero-order valence-electron chi connectivity index (χ0n) is 10.7. The number of imidazole rings is 1. The number of aryl methyl sites for hydroxylation is 1. The molecule has 4 rings (SSSR count). The number of aromatic nitrogens is 4. The standard InChI is InChI=1S/C14H11N5O/c1-19-7-16-11-6-15-14(5-12(11)19)18-9-2-3-13-10(4-9)17-8-20-13/h2-8H,1H3,(H,15,18). The molecule has 3 aromatic heterocycles. The van der Waals surface area contributed by atoms with Crippen molar-refractivity contribution in [2.75, 3.05) is 5.32 Å². The number of fused-ring (bicyclic) bond motifs is 2. The smallest absolute Gasteiger partial charge is 0.181 e. The molecule has 3 heterocycles. The fourth-order valence-electron chi connectivity index (χ4n) is 2.18. The molecule has 0 aliphatic carbocycles. The van der Waals surface area contributed by atoms with Crippen molar-refractivity contribution in [3.63, 3.8) is 0 Å². The highest BCUT2D eigenvalue weighted by atomic mass is 16.3. The van der Waals surface area contributed by atoms with Crippen LogP contribution in [-0.2, 0) is 7.05 Å². The maximum absolute atomic E-state index is 5.22. The van der Waals surface area contributed by atoms with Gasteiger partial charge >= 0.3 is 0 Å². The lowest BCUT2D eigenvalue weighted by Crippen LogP contribution is -1.94. The Morgan fingerprint density at radius 2 is 2.05 bits per heavy atom. The van der Waals surface area contributed by atoms with Gasteiger partial charge in [-0.1, -0.05) is 0 Å². The Morgan fingerprint density at radius 1 is 1.10 bits per heavy atom. The normalized spacial score (nSPS) is 11.2. The number of hydrogen-bond donors (Lipinski definition) is 1. The second-order valence-electron chi connectivity index (χ2n) is 4.57. The fourth-order valence-corrected chi connectivity index (χ4v) is 2.18. The number of pyridine rings is 1. The molecule has 20 heavy (non-hydrogen) atoms. The van der Waals surface area contributed by atoms with Crippen LogP contribution in [0.4, 0.5) is 11.5 Å². The van der Waals surface area contributed by atoms with Gasteiger partial charge in [-0.2, -0.15) is 0 Å². The first kappa shape index (κ1) is 11.0. The minimum atomic E-state index is 0.768. The molecule has 0 aliphatic rings. The SMILES string of the molecule is Cn1cnc2cnc(Nc3ccc4ocnc4c3)cc21. The molecule has 0 saturated carbocycles. The van der Waals surface area contributed by atoms with E-state index in [2.05, 4.69) is 20.3 Å². The van der Waals surface area contributed by atoms with E-state index in [0.717, 1.165) is 33.6 Å². The third kappa shape index (κ3) is 1.70. The molecule has 0 atom stereocenters. The molecule has 1 aromatic carbocycles. The Kier molecular flexibility index (Phi) is 2.23. The molecule has 0 saturated heterocycles. The molecule has 1 N–H and O–H groups in total. The summed E-state index contributed by atoms with van der Waals surface area (Å²) in [5.74, 6) is 0.768. The van der Waals surface area contributed by atoms with E-state index in [0.29, 0.717) is 0 Å². The summed E-state index contributed by atoms with van der Waals surface area (Å²) in [4.78, 5) is 12.7. The summed E-state index contributed by atoms with van der Waals surface area (Å²) < 4.78 is 7.18. The summed E-state index contributed by atoms with van der Waals surface area (Å²) in [6, 6.07) is 7.71. The number of rotatable bonds is 2. The average molecular weight is 265 g/mol. The molecule has 6 nitrogen and oxygen atoms in total. The third-order valence-corrected chi connectivity index (χ3v) is 3.21. The number of nitrogens with zero attached hydrogens (tertiary/aromatic N) is 4. The lowest BCUT2D eigenvalue weighted by molar-refractivity contribution is 0.602. The van der Waals surface area contributed by atoms with Crippen LogP contribution in [0.25, 0.3) is 22.1 Å². The number of hydrogen-bond acceptors (Lipinski definition) is 5. The largest absolute Gasteiger partial charge is 0.443 e. The fraction of sp³-hybridized carbons (Fsp3) is 0.0714. The molecule has 0 amide bonds. The molecule has 98 valence electrons. The molecule has 4 aromatic rings. The van der Waals surface area contributed by atoms with Crippen molar-refractivity contribution in [3.05, 3.63) is 43.2 Å². The zero-order valence-corrected chi connectivity index (χ0v) is 10.7. The predicted octanol–water partition coefficient (Wildman–Crippen LogP) is 2.85. The number of anilines is 2. The molecule has 0 fully saturated rings. The van der Waals surface area contributed by atoms with Gasteiger partial charge in [-0.25, -0.2) is 15.0 Å². The van der Waals surface area contributed by atoms with Crippen molar-refractivity contribution in [1.82, 2.24) is 19.5 Å². The Bertz CT molecular complexity index is 908. The van der Waals surface area contributed by atoms with Crippen LogP contribution in [0.1, 0.15) is 0 Å². The van der Waals surface area contributed by atoms with Crippen molar-refractivity contribution in [2.24, 2.45) is 7.05 Å². The van der Waals surface area contributed by atoms with Gasteiger partial charge in [-0.05, 0) is 18.2 Å². The van der Waals surface area contributed by atoms with Crippen LogP contribution in [-0.4, -0.2) is 19.5 Å². The van der Waals surface area contributed by atoms with Crippen LogP contribution in [0, 0.1) is 0 Å². The van der Waals surface area contributed by atoms with Gasteiger partial charge in [0.2, 0.25) is 0 Å². The quantitative estimate of drug-likeness (QED) is 0.603. The van der Waals surface area contributed by atoms with Crippen LogP contribution in [0.15, 0.2) is 47.6 Å². The van der Waals surface area contributed by atoms with Gasteiger partial charge in [0.1, 0.15) is 16.9 Å². The van der Waals surface area contributed by atoms with Crippen LogP contribution < -0.4 is 5.32 Å². The summed E-state index contributed by atoms with van der Waals surface area (Å²) >= 11 is 0. The van der Waals surface area contributed by atoms with Crippen molar-refractivity contribution < 1.29 is 4.42 Å². The van der Waals surface area contributed by atoms with Crippen LogP contribution >= 0.6 is 0 Å². The van der Waals surface area contributed by atoms with Crippen LogP contribution in [0.5, 0.6) is 0 Å². The summed E-state index contributed by atoms with van der Waals surface area (Å²) in [6.45, 7) is 0. The highest BCUT2D eigenvalue weighted by Crippen LogP contribution is 2.22. The van der Waals surface area contributed by atoms with E-state index >= 15 is 0 Å². The highest BCUT2D eigenvalue weighted by molar-refractivity contribution is 5.81. The van der Waals surface area contributed by atoms with Gasteiger partial charge in [0, 0.05) is 18.8 Å². The topological polar surface area (TPSA) is 68.8 Å². The van der Waals surface area contributed by atoms with E-state index in [9.17, 15) is 0 Å². The summed E-state index contributed by atoms with van der Waals surface area (Å²) in [5.41, 5.74) is 4.41. The molecular formula is C14H11N5O. The van der Waals surface area contributed by atoms with Crippen molar-refractivity contribution in [3.8, 4) is 0 Å². The molecule has 0 unspecified atom stereocenters. The maximum atomic E-state index is 5.22. The summed E-state index contributed by atoms with van der Waals surface area (Å²) in [7, 11) is 1.96. The average Bonchev–Trinajstić information content (AvgIpc) is 3.06. The van der Waals surface area contributed by atoms with E-state index in [1.807, 2.05) is 35.9 Å². The zero-order chi connectivity index (χ0) is 13.5. The third-order valence-electron chi connectivity index (χ3n) is 3.21. The second-order valence-corrected chi connectivity index (χ2v) is 4.57. The summed E-state index contributed by atoms with van der Waals surface area (Å²) in [6.07, 6.45) is 4.97. The first-order valence-electron chi connectivity index (χ1n) is 6.17. The van der Waals surface area contributed by atoms with E-state index in [1.54, 1.807) is 12.5 Å². The number of nitrogens with one attached hydrogen (secondary N) is 1. The van der Waals surface area contributed by atoms with E-state index < -0.39 is 0 Å². The van der Waals surface area contributed by atoms with Gasteiger partial charge in [0.15, 0.2) is 12.0 Å². The van der Waals surface area contributed by atoms with E-state index in [4.69, 9.17) is 4.42 Å². The molecule has 0 spiro atoms. The lowest BCUT2D eigenvalue weighted by Gasteiger charge is -2.05. The Balaban J connectivity index is 1.73. The maximum Gasteiger partial charge on any atom is 0.181 e. The second kappa shape index (κ2) is 4.06. The Hall–Kier alpha value is -2.89. The highest BCUT2D eigenvalue weighted by Gasteiger charge is 2.04. The van der Waals surface area contributed by atoms with E-state index in [-0.39, 0.29) is 0 Å². The van der Waals surface area contributed by atoms with Gasteiger partial charge in [0.25, 0.3) is 0 Å². The predicted molar refractivity (Wildman–Crippen MR) is 75.8 cm³/mol. The Labute approximate surface area is 114 Å². The van der Waals surface area contributed by atoms with Gasteiger partial charge < -0.3 is 14.3 Å². The minimum Gasteiger partial charge on any atom is -0.443 e. The lowest BCUT2D eigenvalue weighted by atomic mass is 10.3. The van der Waals surface area contributed by atoms with Crippen LogP contribution in [0.2, 0.25) is 0 Å². The van der Waals surface area contributed by atoms with Crippen LogP contribution in [0.3, 0.4) is 0 Å². The molecule has 0 radical (unpaired) electrons. The first-order chi connectivity index (χ1) is 9.79. The number of benzene rings is 1. The van der Waals surface area contributed by atoms with Gasteiger partial charge in [-0.15, -0.1) is 0 Å². The Morgan fingerprint density at radius 3 is 3.00 bits per heavy atom. The van der Waals surface area contributed by atoms with Gasteiger partial charge in [0.05, 0.1) is 18.0 Å². The molecule has 0 aliphatic heterocycles. The van der Waals surface area contributed by atoms with Crippen molar-refractivity contribution in [2.45, 2.75) is 0 Å². The molecule has 6 heteroatoms. The minimum absolute atomic E-state index is 0.768. The number of oxazole rings is 1. The van der Waals surface area contributed by atoms with Gasteiger partial charge in [-0.3, -0.25) is 0 Å². The van der Waals surface area contributed by atoms with E-state index in [1.165, 1.54) is 6.39 Å². The summed E-state index contributed by atoms with van der Waals surface area (Å²) in [5, 5.41) is 3.26. The van der Waals surface area contributed by atoms with Crippen molar-refractivity contribution in [1.29, 1.82) is 0 Å². The van der Waals surface area contributed by atoms with Crippen molar-refractivity contribution >= 4 is 33.6 Å².